The summed E-state index contributed by atoms with van der Waals surface area (Å²) in [6.07, 6.45) is 6.53. The number of alkyl halides is 1. The lowest BCUT2D eigenvalue weighted by Crippen LogP contribution is -2.03. The van der Waals surface area contributed by atoms with Gasteiger partial charge in [0.1, 0.15) is 6.61 Å². The summed E-state index contributed by atoms with van der Waals surface area (Å²) in [4.78, 5) is 11.0. The molecule has 0 spiro atoms. The van der Waals surface area contributed by atoms with Crippen LogP contribution in [-0.4, -0.2) is 17.9 Å². The molecular formula is C10H17BrO2. The van der Waals surface area contributed by atoms with Gasteiger partial charge in [0.25, 0.3) is 0 Å². The van der Waals surface area contributed by atoms with Crippen LogP contribution in [0.2, 0.25) is 0 Å². The Labute approximate surface area is 88.5 Å². The minimum atomic E-state index is -0.112. The molecule has 0 radical (unpaired) electrons. The molecule has 76 valence electrons. The van der Waals surface area contributed by atoms with Crippen LogP contribution in [0.4, 0.5) is 0 Å². The third-order valence-electron chi connectivity index (χ3n) is 1.63. The van der Waals surface area contributed by atoms with Crippen LogP contribution < -0.4 is 0 Å². The van der Waals surface area contributed by atoms with Crippen LogP contribution in [0.1, 0.15) is 32.1 Å². The van der Waals surface area contributed by atoms with Crippen molar-refractivity contribution in [1.29, 1.82) is 0 Å². The van der Waals surface area contributed by atoms with Crippen LogP contribution in [-0.2, 0) is 9.53 Å². The van der Waals surface area contributed by atoms with Gasteiger partial charge in [0.15, 0.2) is 0 Å². The lowest BCUT2D eigenvalue weighted by atomic mass is 10.2. The zero-order chi connectivity index (χ0) is 9.94. The fourth-order valence-electron chi connectivity index (χ4n) is 0.941. The van der Waals surface area contributed by atoms with Crippen molar-refractivity contribution < 1.29 is 9.53 Å². The first kappa shape index (κ1) is 12.7. The topological polar surface area (TPSA) is 26.3 Å². The molecule has 0 heterocycles. The van der Waals surface area contributed by atoms with E-state index in [1.54, 1.807) is 6.08 Å². The number of rotatable bonds is 8. The molecule has 0 rings (SSSR count). The Bertz CT molecular complexity index is 146. The van der Waals surface area contributed by atoms with Gasteiger partial charge in [0, 0.05) is 11.8 Å². The van der Waals surface area contributed by atoms with Gasteiger partial charge >= 0.3 is 5.97 Å². The van der Waals surface area contributed by atoms with E-state index in [1.807, 2.05) is 0 Å². The average molecular weight is 249 g/mol. The summed E-state index contributed by atoms with van der Waals surface area (Å²) < 4.78 is 4.83. The average Bonchev–Trinajstić information content (AvgIpc) is 2.14. The second kappa shape index (κ2) is 9.78. The van der Waals surface area contributed by atoms with E-state index in [1.165, 1.54) is 12.8 Å². The Kier molecular flexibility index (Phi) is 9.54. The fraction of sp³-hybridized carbons (Fsp3) is 0.700. The number of esters is 1. The normalized spacial score (nSPS) is 9.62. The minimum absolute atomic E-state index is 0.112. The van der Waals surface area contributed by atoms with Crippen LogP contribution in [0.15, 0.2) is 12.7 Å². The summed E-state index contributed by atoms with van der Waals surface area (Å²) in [7, 11) is 0. The van der Waals surface area contributed by atoms with Crippen LogP contribution in [0.5, 0.6) is 0 Å². The van der Waals surface area contributed by atoms with Crippen molar-refractivity contribution in [1.82, 2.24) is 0 Å². The Morgan fingerprint density at radius 2 is 2.00 bits per heavy atom. The Morgan fingerprint density at radius 1 is 1.31 bits per heavy atom. The van der Waals surface area contributed by atoms with E-state index in [-0.39, 0.29) is 5.97 Å². The summed E-state index contributed by atoms with van der Waals surface area (Å²) in [5.41, 5.74) is 0. The van der Waals surface area contributed by atoms with E-state index in [4.69, 9.17) is 4.74 Å². The van der Waals surface area contributed by atoms with Crippen molar-refractivity contribution in [3.05, 3.63) is 12.7 Å². The van der Waals surface area contributed by atoms with Gasteiger partial charge < -0.3 is 4.74 Å². The molecule has 3 heteroatoms. The van der Waals surface area contributed by atoms with Crippen molar-refractivity contribution >= 4 is 21.9 Å². The Morgan fingerprint density at radius 3 is 2.62 bits per heavy atom. The SMILES string of the molecule is C=CCOC(=O)CCCCCCBr. The first-order valence-corrected chi connectivity index (χ1v) is 5.76. The van der Waals surface area contributed by atoms with E-state index < -0.39 is 0 Å². The largest absolute Gasteiger partial charge is 0.461 e. The molecule has 13 heavy (non-hydrogen) atoms. The van der Waals surface area contributed by atoms with Gasteiger partial charge in [-0.1, -0.05) is 41.4 Å². The van der Waals surface area contributed by atoms with Gasteiger partial charge in [0.05, 0.1) is 0 Å². The highest BCUT2D eigenvalue weighted by Crippen LogP contribution is 2.05. The molecule has 0 aliphatic rings. The van der Waals surface area contributed by atoms with Gasteiger partial charge in [-0.15, -0.1) is 0 Å². The van der Waals surface area contributed by atoms with Crippen molar-refractivity contribution in [2.24, 2.45) is 0 Å². The third-order valence-corrected chi connectivity index (χ3v) is 2.19. The summed E-state index contributed by atoms with van der Waals surface area (Å²) in [5.74, 6) is -0.112. The third kappa shape index (κ3) is 9.61. The molecule has 0 amide bonds. The lowest BCUT2D eigenvalue weighted by molar-refractivity contribution is -0.142. The molecule has 0 unspecified atom stereocenters. The maximum atomic E-state index is 11.0. The molecule has 0 N–H and O–H groups in total. The molecule has 2 nitrogen and oxygen atoms in total. The molecule has 0 fully saturated rings. The van der Waals surface area contributed by atoms with Crippen molar-refractivity contribution in [3.63, 3.8) is 0 Å². The first-order valence-electron chi connectivity index (χ1n) is 4.63. The maximum absolute atomic E-state index is 11.0. The van der Waals surface area contributed by atoms with Crippen molar-refractivity contribution in [3.8, 4) is 0 Å². The molecule has 0 aromatic rings. The monoisotopic (exact) mass is 248 g/mol. The number of unbranched alkanes of at least 4 members (excludes halogenated alkanes) is 3. The second-order valence-corrected chi connectivity index (χ2v) is 3.62. The number of ether oxygens (including phenoxy) is 1. The van der Waals surface area contributed by atoms with E-state index >= 15 is 0 Å². The summed E-state index contributed by atoms with van der Waals surface area (Å²) >= 11 is 3.36. The lowest BCUT2D eigenvalue weighted by Gasteiger charge is -2.01. The van der Waals surface area contributed by atoms with Crippen LogP contribution >= 0.6 is 15.9 Å². The standard InChI is InChI=1S/C10H17BrO2/c1-2-9-13-10(12)7-5-3-4-6-8-11/h2H,1,3-9H2. The fourth-order valence-corrected chi connectivity index (χ4v) is 1.34. The Balaban J connectivity index is 3.12. The number of carbonyl (C=O) groups is 1. The predicted octanol–water partition coefficient (Wildman–Crippen LogP) is 3.06. The summed E-state index contributed by atoms with van der Waals surface area (Å²) in [6, 6.07) is 0. The van der Waals surface area contributed by atoms with Gasteiger partial charge in [-0.05, 0) is 12.8 Å². The molecule has 0 bridgehead atoms. The van der Waals surface area contributed by atoms with Crippen LogP contribution in [0.3, 0.4) is 0 Å². The van der Waals surface area contributed by atoms with E-state index in [0.717, 1.165) is 18.2 Å². The van der Waals surface area contributed by atoms with Crippen LogP contribution in [0.25, 0.3) is 0 Å². The molecular weight excluding hydrogens is 232 g/mol. The predicted molar refractivity (Wildman–Crippen MR) is 58.0 cm³/mol. The van der Waals surface area contributed by atoms with Gasteiger partial charge in [-0.3, -0.25) is 4.79 Å². The van der Waals surface area contributed by atoms with Gasteiger partial charge in [-0.25, -0.2) is 0 Å². The second-order valence-electron chi connectivity index (χ2n) is 2.82. The highest BCUT2D eigenvalue weighted by Gasteiger charge is 2.00. The van der Waals surface area contributed by atoms with Crippen molar-refractivity contribution in [2.45, 2.75) is 32.1 Å². The highest BCUT2D eigenvalue weighted by atomic mass is 79.9. The van der Waals surface area contributed by atoms with Gasteiger partial charge in [-0.2, -0.15) is 0 Å². The molecule has 0 atom stereocenters. The molecule has 0 saturated carbocycles. The summed E-state index contributed by atoms with van der Waals surface area (Å²) in [6.45, 7) is 3.80. The maximum Gasteiger partial charge on any atom is 0.306 e. The van der Waals surface area contributed by atoms with Crippen LogP contribution in [0, 0.1) is 0 Å². The smallest absolute Gasteiger partial charge is 0.306 e. The van der Waals surface area contributed by atoms with E-state index in [9.17, 15) is 4.79 Å². The van der Waals surface area contributed by atoms with Crippen molar-refractivity contribution in [2.75, 3.05) is 11.9 Å². The molecule has 0 aliphatic carbocycles. The molecule has 0 aromatic heterocycles. The summed E-state index contributed by atoms with van der Waals surface area (Å²) in [5, 5.41) is 1.05. The zero-order valence-corrected chi connectivity index (χ0v) is 9.51. The van der Waals surface area contributed by atoms with Gasteiger partial charge in [0.2, 0.25) is 0 Å². The minimum Gasteiger partial charge on any atom is -0.461 e. The quantitative estimate of drug-likeness (QED) is 0.286. The highest BCUT2D eigenvalue weighted by molar-refractivity contribution is 9.09. The molecule has 0 aliphatic heterocycles. The number of hydrogen-bond acceptors (Lipinski definition) is 2. The Hall–Kier alpha value is -0.310. The number of carbonyl (C=O) groups excluding carboxylic acids is 1. The van der Waals surface area contributed by atoms with E-state index in [2.05, 4.69) is 22.5 Å². The molecule has 0 saturated heterocycles. The number of hydrogen-bond donors (Lipinski definition) is 0. The zero-order valence-electron chi connectivity index (χ0n) is 7.93. The molecule has 0 aromatic carbocycles. The first-order chi connectivity index (χ1) is 6.31. The number of halogens is 1. The van der Waals surface area contributed by atoms with E-state index in [0.29, 0.717) is 13.0 Å².